The Morgan fingerprint density at radius 2 is 1.72 bits per heavy atom. The van der Waals surface area contributed by atoms with Crippen LogP contribution in [-0.2, 0) is 14.4 Å². The number of hydrogen-bond donors (Lipinski definition) is 5. The fourth-order valence-corrected chi connectivity index (χ4v) is 3.21. The molecule has 0 heterocycles. The molecule has 6 N–H and O–H groups in total. The topological polar surface area (TPSA) is 151 Å². The molecule has 0 aliphatic rings. The van der Waals surface area contributed by atoms with Gasteiger partial charge in [0.05, 0.1) is 17.1 Å². The first kappa shape index (κ1) is 27.2. The quantitative estimate of drug-likeness (QED) is 0.332. The number of carbonyl (C=O) groups is 4. The van der Waals surface area contributed by atoms with Gasteiger partial charge >= 0.3 is 5.97 Å². The lowest BCUT2D eigenvalue weighted by Crippen LogP contribution is -2.58. The highest BCUT2D eigenvalue weighted by atomic mass is 35.5. The maximum absolute atomic E-state index is 13.1. The third-order valence-electron chi connectivity index (χ3n) is 4.75. The minimum absolute atomic E-state index is 0.226. The standard InChI is InChI=1S/C22H33ClN4O5/c1-6-7-16(20(31)25-12(2)10-17(28)29)26-21(32)18(22(3,4)5)27-19(30)13-8-9-15(24)14(23)11-13/h8-9,11-12,16,18H,6-7,10,24H2,1-5H3,(H,25,31)(H,26,32)(H,27,30)(H,28,29)/t12-,16+,18?/m1/s1. The van der Waals surface area contributed by atoms with Crippen molar-refractivity contribution in [3.05, 3.63) is 28.8 Å². The van der Waals surface area contributed by atoms with Crippen molar-refractivity contribution in [3.8, 4) is 0 Å². The molecule has 0 spiro atoms. The van der Waals surface area contributed by atoms with Gasteiger partial charge in [-0.25, -0.2) is 0 Å². The zero-order valence-corrected chi connectivity index (χ0v) is 19.9. The summed E-state index contributed by atoms with van der Waals surface area (Å²) in [5.74, 6) is -2.54. The Labute approximate surface area is 193 Å². The van der Waals surface area contributed by atoms with Crippen LogP contribution in [-0.4, -0.2) is 46.9 Å². The highest BCUT2D eigenvalue weighted by Gasteiger charge is 2.35. The lowest BCUT2D eigenvalue weighted by molar-refractivity contribution is -0.138. The summed E-state index contributed by atoms with van der Waals surface area (Å²) in [4.78, 5) is 49.3. The second kappa shape index (κ2) is 11.7. The van der Waals surface area contributed by atoms with E-state index in [1.807, 2.05) is 6.92 Å². The zero-order chi connectivity index (χ0) is 24.6. The van der Waals surface area contributed by atoms with E-state index in [1.54, 1.807) is 27.7 Å². The molecule has 3 amide bonds. The molecule has 1 unspecified atom stereocenters. The largest absolute Gasteiger partial charge is 0.481 e. The van der Waals surface area contributed by atoms with E-state index in [-0.39, 0.29) is 17.0 Å². The molecule has 0 aromatic heterocycles. The lowest BCUT2D eigenvalue weighted by atomic mass is 9.85. The second-order valence-corrected chi connectivity index (χ2v) is 9.27. The van der Waals surface area contributed by atoms with Crippen molar-refractivity contribution in [2.24, 2.45) is 5.41 Å². The van der Waals surface area contributed by atoms with E-state index < -0.39 is 47.2 Å². The van der Waals surface area contributed by atoms with E-state index in [0.29, 0.717) is 18.5 Å². The number of halogens is 1. The Hall–Kier alpha value is -2.81. The van der Waals surface area contributed by atoms with Crippen LogP contribution in [0.25, 0.3) is 0 Å². The van der Waals surface area contributed by atoms with Gasteiger partial charge in [-0.05, 0) is 37.0 Å². The number of hydrogen-bond acceptors (Lipinski definition) is 5. The Kier molecular flexibility index (Phi) is 9.96. The molecule has 9 nitrogen and oxygen atoms in total. The van der Waals surface area contributed by atoms with Crippen LogP contribution in [0.1, 0.15) is 64.2 Å². The third-order valence-corrected chi connectivity index (χ3v) is 5.07. The van der Waals surface area contributed by atoms with Crippen molar-refractivity contribution >= 4 is 41.0 Å². The Bertz CT molecular complexity index is 853. The maximum atomic E-state index is 13.1. The second-order valence-electron chi connectivity index (χ2n) is 8.87. The molecule has 0 saturated heterocycles. The van der Waals surface area contributed by atoms with Crippen LogP contribution in [0, 0.1) is 5.41 Å². The van der Waals surface area contributed by atoms with E-state index in [1.165, 1.54) is 18.2 Å². The lowest BCUT2D eigenvalue weighted by Gasteiger charge is -2.32. The molecule has 0 radical (unpaired) electrons. The zero-order valence-electron chi connectivity index (χ0n) is 19.1. The van der Waals surface area contributed by atoms with Gasteiger partial charge in [-0.1, -0.05) is 45.7 Å². The van der Waals surface area contributed by atoms with Crippen molar-refractivity contribution < 1.29 is 24.3 Å². The molecular formula is C22H33ClN4O5. The van der Waals surface area contributed by atoms with Crippen LogP contribution in [0.5, 0.6) is 0 Å². The van der Waals surface area contributed by atoms with Gasteiger partial charge in [0.25, 0.3) is 5.91 Å². The predicted molar refractivity (Wildman–Crippen MR) is 123 cm³/mol. The monoisotopic (exact) mass is 468 g/mol. The summed E-state index contributed by atoms with van der Waals surface area (Å²) in [7, 11) is 0. The molecule has 3 atom stereocenters. The van der Waals surface area contributed by atoms with E-state index in [9.17, 15) is 19.2 Å². The molecule has 0 saturated carbocycles. The van der Waals surface area contributed by atoms with Gasteiger partial charge in [0, 0.05) is 11.6 Å². The van der Waals surface area contributed by atoms with E-state index in [2.05, 4.69) is 16.0 Å². The molecule has 1 aromatic rings. The molecular weight excluding hydrogens is 436 g/mol. The number of nitrogens with one attached hydrogen (secondary N) is 3. The van der Waals surface area contributed by atoms with Gasteiger partial charge in [-0.3, -0.25) is 19.2 Å². The minimum atomic E-state index is -1.04. The number of amides is 3. The molecule has 0 bridgehead atoms. The molecule has 1 rings (SSSR count). The highest BCUT2D eigenvalue weighted by Crippen LogP contribution is 2.22. The Balaban J connectivity index is 2.99. The number of carboxylic acid groups (broad SMARTS) is 1. The fraction of sp³-hybridized carbons (Fsp3) is 0.545. The molecule has 10 heteroatoms. The third kappa shape index (κ3) is 8.37. The van der Waals surface area contributed by atoms with Crippen LogP contribution < -0.4 is 21.7 Å². The first-order chi connectivity index (χ1) is 14.8. The van der Waals surface area contributed by atoms with E-state index in [4.69, 9.17) is 22.4 Å². The number of anilines is 1. The SMILES string of the molecule is CCC[C@H](NC(=O)C(NC(=O)c1ccc(N)c(Cl)c1)C(C)(C)C)C(=O)N[C@H](C)CC(=O)O. The van der Waals surface area contributed by atoms with Crippen LogP contribution in [0.2, 0.25) is 5.02 Å². The van der Waals surface area contributed by atoms with Gasteiger partial charge in [0.2, 0.25) is 11.8 Å². The number of aliphatic carboxylic acids is 1. The summed E-state index contributed by atoms with van der Waals surface area (Å²) in [5.41, 5.74) is 5.60. The number of benzene rings is 1. The van der Waals surface area contributed by atoms with Gasteiger partial charge in [-0.15, -0.1) is 0 Å². The summed E-state index contributed by atoms with van der Waals surface area (Å²) < 4.78 is 0. The highest BCUT2D eigenvalue weighted by molar-refractivity contribution is 6.33. The van der Waals surface area contributed by atoms with Crippen molar-refractivity contribution in [3.63, 3.8) is 0 Å². The molecule has 0 aliphatic carbocycles. The number of carboxylic acids is 1. The fourth-order valence-electron chi connectivity index (χ4n) is 3.03. The summed E-state index contributed by atoms with van der Waals surface area (Å²) in [6.07, 6.45) is 0.737. The van der Waals surface area contributed by atoms with Crippen molar-refractivity contribution in [2.75, 3.05) is 5.73 Å². The van der Waals surface area contributed by atoms with Gasteiger partial charge in [0.1, 0.15) is 12.1 Å². The van der Waals surface area contributed by atoms with Crippen LogP contribution in [0.15, 0.2) is 18.2 Å². The molecule has 0 aliphatic heterocycles. The summed E-state index contributed by atoms with van der Waals surface area (Å²) in [5, 5.41) is 17.1. The van der Waals surface area contributed by atoms with Gasteiger partial charge < -0.3 is 26.8 Å². The van der Waals surface area contributed by atoms with E-state index >= 15 is 0 Å². The molecule has 0 fully saturated rings. The Morgan fingerprint density at radius 3 is 2.22 bits per heavy atom. The summed E-state index contributed by atoms with van der Waals surface area (Å²) >= 11 is 5.99. The van der Waals surface area contributed by atoms with Gasteiger partial charge in [0.15, 0.2) is 0 Å². The van der Waals surface area contributed by atoms with Gasteiger partial charge in [-0.2, -0.15) is 0 Å². The number of nitrogen functional groups attached to an aromatic ring is 1. The first-order valence-corrected chi connectivity index (χ1v) is 10.8. The van der Waals surface area contributed by atoms with Crippen molar-refractivity contribution in [1.29, 1.82) is 0 Å². The van der Waals surface area contributed by atoms with Crippen molar-refractivity contribution in [1.82, 2.24) is 16.0 Å². The summed E-state index contributed by atoms with van der Waals surface area (Å²) in [6, 6.07) is 2.02. The molecule has 32 heavy (non-hydrogen) atoms. The average molecular weight is 469 g/mol. The average Bonchev–Trinajstić information content (AvgIpc) is 2.65. The van der Waals surface area contributed by atoms with E-state index in [0.717, 1.165) is 0 Å². The number of nitrogens with two attached hydrogens (primary N) is 1. The van der Waals surface area contributed by atoms with Crippen LogP contribution >= 0.6 is 11.6 Å². The van der Waals surface area contributed by atoms with Crippen LogP contribution in [0.4, 0.5) is 5.69 Å². The smallest absolute Gasteiger partial charge is 0.305 e. The normalized spacial score (nSPS) is 14.1. The molecule has 1 aromatic carbocycles. The minimum Gasteiger partial charge on any atom is -0.481 e. The predicted octanol–water partition coefficient (Wildman–Crippen LogP) is 2.33. The number of rotatable bonds is 10. The van der Waals surface area contributed by atoms with Crippen molar-refractivity contribution in [2.45, 2.75) is 72.0 Å². The molecule has 178 valence electrons. The van der Waals surface area contributed by atoms with Crippen LogP contribution in [0.3, 0.4) is 0 Å². The number of carbonyl (C=O) groups excluding carboxylic acids is 3. The maximum Gasteiger partial charge on any atom is 0.305 e. The first-order valence-electron chi connectivity index (χ1n) is 10.4. The Morgan fingerprint density at radius 1 is 1.09 bits per heavy atom. The summed E-state index contributed by atoms with van der Waals surface area (Å²) in [6.45, 7) is 8.81.